The lowest BCUT2D eigenvalue weighted by atomic mass is 9.86. The molecule has 2 aromatic rings. The number of rotatable bonds is 4. The summed E-state index contributed by atoms with van der Waals surface area (Å²) in [7, 11) is 1.28. The van der Waals surface area contributed by atoms with E-state index in [1.807, 2.05) is 0 Å². The van der Waals surface area contributed by atoms with E-state index in [0.29, 0.717) is 22.1 Å². The first kappa shape index (κ1) is 19.7. The van der Waals surface area contributed by atoms with Crippen LogP contribution in [0.2, 0.25) is 5.02 Å². The van der Waals surface area contributed by atoms with Gasteiger partial charge in [-0.3, -0.25) is 9.59 Å². The first-order valence-electron chi connectivity index (χ1n) is 8.59. The molecule has 1 aliphatic rings. The number of methoxy groups -OCH3 is 1. The van der Waals surface area contributed by atoms with Crippen molar-refractivity contribution in [1.29, 1.82) is 0 Å². The number of fused-ring (bicyclic) bond motifs is 1. The van der Waals surface area contributed by atoms with Gasteiger partial charge in [0.2, 0.25) is 5.91 Å². The van der Waals surface area contributed by atoms with Crippen molar-refractivity contribution in [3.05, 3.63) is 53.1 Å². The van der Waals surface area contributed by atoms with Crippen LogP contribution in [-0.4, -0.2) is 31.6 Å². The van der Waals surface area contributed by atoms with Gasteiger partial charge in [0.15, 0.2) is 0 Å². The molecule has 146 valence electrons. The zero-order valence-corrected chi connectivity index (χ0v) is 16.5. The molecule has 1 aliphatic heterocycles. The Morgan fingerprint density at radius 1 is 1.07 bits per heavy atom. The summed E-state index contributed by atoms with van der Waals surface area (Å²) in [6, 6.07) is 11.4. The molecule has 8 heteroatoms. The molecule has 7 nitrogen and oxygen atoms in total. The highest BCUT2D eigenvalue weighted by molar-refractivity contribution is 6.30. The van der Waals surface area contributed by atoms with Crippen LogP contribution in [-0.2, 0) is 19.7 Å². The third-order valence-corrected chi connectivity index (χ3v) is 4.87. The van der Waals surface area contributed by atoms with Crippen LogP contribution < -0.4 is 15.5 Å². The van der Waals surface area contributed by atoms with Crippen LogP contribution in [0.4, 0.5) is 21.9 Å². The molecule has 0 unspecified atom stereocenters. The minimum Gasteiger partial charge on any atom is -0.468 e. The van der Waals surface area contributed by atoms with Gasteiger partial charge in [-0.15, -0.1) is 0 Å². The molecular weight excluding hydrogens is 382 g/mol. The second-order valence-corrected chi connectivity index (χ2v) is 7.35. The topological polar surface area (TPSA) is 87.7 Å². The summed E-state index contributed by atoms with van der Waals surface area (Å²) < 4.78 is 4.68. The number of carbonyl (C=O) groups excluding carboxylic acids is 3. The molecule has 0 aliphatic carbocycles. The van der Waals surface area contributed by atoms with Crippen LogP contribution in [0, 0.1) is 0 Å². The Morgan fingerprint density at radius 3 is 2.32 bits per heavy atom. The molecule has 3 amide bonds. The summed E-state index contributed by atoms with van der Waals surface area (Å²) in [5.41, 5.74) is 1.66. The van der Waals surface area contributed by atoms with Crippen molar-refractivity contribution in [3.63, 3.8) is 0 Å². The van der Waals surface area contributed by atoms with Gasteiger partial charge in [0.05, 0.1) is 12.5 Å². The number of anilines is 3. The number of nitrogens with zero attached hydrogens (tertiary/aromatic N) is 1. The zero-order chi connectivity index (χ0) is 20.5. The van der Waals surface area contributed by atoms with Gasteiger partial charge in [0.25, 0.3) is 0 Å². The number of carbonyl (C=O) groups is 3. The Morgan fingerprint density at radius 2 is 1.68 bits per heavy atom. The van der Waals surface area contributed by atoms with Gasteiger partial charge >= 0.3 is 12.0 Å². The SMILES string of the molecule is COC(=O)CN1C(=O)C(C)(C)c2cc(NC(=O)Nc3ccc(Cl)cc3)ccc21. The van der Waals surface area contributed by atoms with E-state index in [1.165, 1.54) is 12.0 Å². The summed E-state index contributed by atoms with van der Waals surface area (Å²) in [4.78, 5) is 38.0. The van der Waals surface area contributed by atoms with E-state index in [-0.39, 0.29) is 12.5 Å². The van der Waals surface area contributed by atoms with Crippen molar-refractivity contribution < 1.29 is 19.1 Å². The number of urea groups is 1. The molecule has 0 spiro atoms. The van der Waals surface area contributed by atoms with E-state index < -0.39 is 17.4 Å². The number of esters is 1. The molecule has 0 radical (unpaired) electrons. The molecule has 0 fully saturated rings. The van der Waals surface area contributed by atoms with E-state index >= 15 is 0 Å². The second kappa shape index (κ2) is 7.52. The maximum atomic E-state index is 12.7. The standard InChI is InChI=1S/C20H20ClN3O4/c1-20(2)15-10-14(23-19(27)22-13-6-4-12(21)5-7-13)8-9-16(15)24(18(20)26)11-17(25)28-3/h4-10H,11H2,1-3H3,(H2,22,23,27). The highest BCUT2D eigenvalue weighted by Crippen LogP contribution is 2.42. The minimum absolute atomic E-state index is 0.157. The van der Waals surface area contributed by atoms with Crippen LogP contribution in [0.25, 0.3) is 0 Å². The number of nitrogens with one attached hydrogen (secondary N) is 2. The van der Waals surface area contributed by atoms with E-state index in [9.17, 15) is 14.4 Å². The molecule has 2 N–H and O–H groups in total. The van der Waals surface area contributed by atoms with Crippen molar-refractivity contribution in [1.82, 2.24) is 0 Å². The average molecular weight is 402 g/mol. The first-order chi connectivity index (χ1) is 13.2. The summed E-state index contributed by atoms with van der Waals surface area (Å²) in [6.07, 6.45) is 0. The normalized spacial score (nSPS) is 14.4. The lowest BCUT2D eigenvalue weighted by Gasteiger charge is -2.19. The largest absolute Gasteiger partial charge is 0.468 e. The molecule has 1 heterocycles. The van der Waals surface area contributed by atoms with Crippen LogP contribution in [0.1, 0.15) is 19.4 Å². The summed E-state index contributed by atoms with van der Waals surface area (Å²) in [6.45, 7) is 3.40. The van der Waals surface area contributed by atoms with Crippen molar-refractivity contribution in [2.24, 2.45) is 0 Å². The average Bonchev–Trinajstić information content (AvgIpc) is 2.84. The summed E-state index contributed by atoms with van der Waals surface area (Å²) in [5.74, 6) is -0.697. The summed E-state index contributed by atoms with van der Waals surface area (Å²) in [5, 5.41) is 6.04. The number of hydrogen-bond donors (Lipinski definition) is 2. The predicted octanol–water partition coefficient (Wildman–Crippen LogP) is 3.78. The third-order valence-electron chi connectivity index (χ3n) is 4.62. The van der Waals surface area contributed by atoms with Crippen LogP contribution in [0.3, 0.4) is 0 Å². The monoisotopic (exact) mass is 401 g/mol. The van der Waals surface area contributed by atoms with Crippen molar-refractivity contribution in [3.8, 4) is 0 Å². The number of halogens is 1. The molecular formula is C20H20ClN3O4. The Balaban J connectivity index is 1.79. The van der Waals surface area contributed by atoms with Crippen molar-refractivity contribution >= 4 is 46.6 Å². The van der Waals surface area contributed by atoms with Gasteiger partial charge in [-0.2, -0.15) is 0 Å². The van der Waals surface area contributed by atoms with E-state index in [0.717, 1.165) is 5.56 Å². The molecule has 0 atom stereocenters. The molecule has 3 rings (SSSR count). The van der Waals surface area contributed by atoms with Crippen LogP contribution in [0.15, 0.2) is 42.5 Å². The number of benzene rings is 2. The maximum absolute atomic E-state index is 12.7. The fourth-order valence-electron chi connectivity index (χ4n) is 3.09. The molecule has 0 bridgehead atoms. The summed E-state index contributed by atoms with van der Waals surface area (Å²) >= 11 is 5.83. The fourth-order valence-corrected chi connectivity index (χ4v) is 3.22. The number of hydrogen-bond acceptors (Lipinski definition) is 4. The lowest BCUT2D eigenvalue weighted by molar-refractivity contribution is -0.140. The Labute approximate surface area is 167 Å². The molecule has 0 saturated carbocycles. The third kappa shape index (κ3) is 3.80. The molecule has 0 saturated heterocycles. The maximum Gasteiger partial charge on any atom is 0.325 e. The Bertz CT molecular complexity index is 941. The highest BCUT2D eigenvalue weighted by Gasteiger charge is 2.44. The van der Waals surface area contributed by atoms with Crippen molar-refractivity contribution in [2.45, 2.75) is 19.3 Å². The van der Waals surface area contributed by atoms with E-state index in [2.05, 4.69) is 15.4 Å². The predicted molar refractivity (Wildman–Crippen MR) is 108 cm³/mol. The van der Waals surface area contributed by atoms with Gasteiger partial charge in [-0.25, -0.2) is 4.79 Å². The number of ether oxygens (including phenoxy) is 1. The smallest absolute Gasteiger partial charge is 0.325 e. The van der Waals surface area contributed by atoms with Gasteiger partial charge < -0.3 is 20.3 Å². The minimum atomic E-state index is -0.826. The molecule has 28 heavy (non-hydrogen) atoms. The van der Waals surface area contributed by atoms with E-state index in [4.69, 9.17) is 11.6 Å². The molecule has 2 aromatic carbocycles. The van der Waals surface area contributed by atoms with Gasteiger partial charge in [0.1, 0.15) is 6.54 Å². The highest BCUT2D eigenvalue weighted by atomic mass is 35.5. The van der Waals surface area contributed by atoms with E-state index in [1.54, 1.807) is 56.3 Å². The Hall–Kier alpha value is -3.06. The van der Waals surface area contributed by atoms with Gasteiger partial charge in [-0.05, 0) is 61.9 Å². The van der Waals surface area contributed by atoms with Crippen LogP contribution in [0.5, 0.6) is 0 Å². The molecule has 0 aromatic heterocycles. The van der Waals surface area contributed by atoms with Gasteiger partial charge in [0, 0.05) is 22.1 Å². The first-order valence-corrected chi connectivity index (χ1v) is 8.97. The second-order valence-electron chi connectivity index (χ2n) is 6.91. The van der Waals surface area contributed by atoms with Crippen LogP contribution >= 0.6 is 11.6 Å². The fraction of sp³-hybridized carbons (Fsp3) is 0.250. The zero-order valence-electron chi connectivity index (χ0n) is 15.7. The number of amides is 3. The van der Waals surface area contributed by atoms with Crippen molar-refractivity contribution in [2.75, 3.05) is 29.2 Å². The van der Waals surface area contributed by atoms with Gasteiger partial charge in [-0.1, -0.05) is 11.6 Å². The Kier molecular flexibility index (Phi) is 5.29. The quantitative estimate of drug-likeness (QED) is 0.763. The lowest BCUT2D eigenvalue weighted by Crippen LogP contribution is -2.39.